The van der Waals surface area contributed by atoms with Crippen molar-refractivity contribution in [3.05, 3.63) is 24.3 Å². The van der Waals surface area contributed by atoms with Gasteiger partial charge in [-0.25, -0.2) is 9.97 Å². The van der Waals surface area contributed by atoms with Gasteiger partial charge in [-0.15, -0.1) is 0 Å². The Hall–Kier alpha value is -1.98. The van der Waals surface area contributed by atoms with Gasteiger partial charge >= 0.3 is 0 Å². The Balaban J connectivity index is 1.26. The molecule has 6 nitrogen and oxygen atoms in total. The summed E-state index contributed by atoms with van der Waals surface area (Å²) < 4.78 is 0. The molecule has 1 N–H and O–H groups in total. The topological polar surface area (TPSA) is 75.2 Å². The molecule has 1 aliphatic heterocycles. The number of nitrogens with one attached hydrogen (secondary N) is 1. The van der Waals surface area contributed by atoms with E-state index in [4.69, 9.17) is 0 Å². The Labute approximate surface area is 142 Å². The third kappa shape index (κ3) is 3.01. The van der Waals surface area contributed by atoms with Gasteiger partial charge in [-0.3, -0.25) is 9.59 Å². The third-order valence-electron chi connectivity index (χ3n) is 5.94. The van der Waals surface area contributed by atoms with Crippen LogP contribution in [0.5, 0.6) is 0 Å². The minimum atomic E-state index is 0.0688. The van der Waals surface area contributed by atoms with Crippen LogP contribution in [-0.2, 0) is 16.0 Å². The first-order chi connectivity index (χ1) is 11.7. The molecule has 6 heteroatoms. The van der Waals surface area contributed by atoms with Gasteiger partial charge < -0.3 is 10.2 Å². The van der Waals surface area contributed by atoms with Crippen LogP contribution in [0.15, 0.2) is 18.7 Å². The number of hydrogen-bond acceptors (Lipinski definition) is 4. The van der Waals surface area contributed by atoms with E-state index in [0.29, 0.717) is 18.9 Å². The van der Waals surface area contributed by atoms with Crippen molar-refractivity contribution in [2.45, 2.75) is 51.0 Å². The zero-order valence-corrected chi connectivity index (χ0v) is 13.9. The van der Waals surface area contributed by atoms with Crippen LogP contribution in [0.25, 0.3) is 0 Å². The van der Waals surface area contributed by atoms with Crippen LogP contribution in [0.2, 0.25) is 0 Å². The van der Waals surface area contributed by atoms with Crippen LogP contribution in [0.4, 0.5) is 0 Å². The molecule has 2 aliphatic carbocycles. The van der Waals surface area contributed by atoms with E-state index in [2.05, 4.69) is 15.3 Å². The third-order valence-corrected chi connectivity index (χ3v) is 5.94. The van der Waals surface area contributed by atoms with Crippen LogP contribution in [0.3, 0.4) is 0 Å². The van der Waals surface area contributed by atoms with Crippen LogP contribution in [0, 0.1) is 11.3 Å². The first kappa shape index (κ1) is 15.5. The molecule has 2 amide bonds. The van der Waals surface area contributed by atoms with Gasteiger partial charge in [-0.2, -0.15) is 0 Å². The van der Waals surface area contributed by atoms with E-state index in [1.165, 1.54) is 12.7 Å². The first-order valence-corrected chi connectivity index (χ1v) is 8.98. The van der Waals surface area contributed by atoms with Gasteiger partial charge in [0.25, 0.3) is 0 Å². The Morgan fingerprint density at radius 2 is 2.08 bits per heavy atom. The predicted octanol–water partition coefficient (Wildman–Crippen LogP) is 1.32. The molecule has 3 fully saturated rings. The van der Waals surface area contributed by atoms with Crippen molar-refractivity contribution in [1.29, 1.82) is 0 Å². The van der Waals surface area contributed by atoms with E-state index in [1.54, 1.807) is 12.4 Å². The van der Waals surface area contributed by atoms with Gasteiger partial charge in [0.1, 0.15) is 6.33 Å². The monoisotopic (exact) mass is 328 g/mol. The molecule has 0 bridgehead atoms. The maximum atomic E-state index is 12.4. The second kappa shape index (κ2) is 6.15. The SMILES string of the molecule is O=C(NC1CCC1)C1CC12CCN(C(=O)CCc1cncnc1)C2. The number of aromatic nitrogens is 2. The van der Waals surface area contributed by atoms with E-state index in [1.807, 2.05) is 4.90 Å². The van der Waals surface area contributed by atoms with Crippen LogP contribution < -0.4 is 5.32 Å². The normalized spacial score (nSPS) is 28.7. The summed E-state index contributed by atoms with van der Waals surface area (Å²) in [5, 5.41) is 3.16. The summed E-state index contributed by atoms with van der Waals surface area (Å²) in [6.07, 6.45) is 11.6. The Bertz CT molecular complexity index is 631. The van der Waals surface area contributed by atoms with Crippen molar-refractivity contribution in [2.24, 2.45) is 11.3 Å². The second-order valence-corrected chi connectivity index (χ2v) is 7.57. The maximum absolute atomic E-state index is 12.4. The number of aryl methyl sites for hydroxylation is 1. The van der Waals surface area contributed by atoms with Gasteiger partial charge in [0.15, 0.2) is 0 Å². The van der Waals surface area contributed by atoms with Crippen molar-refractivity contribution in [2.75, 3.05) is 13.1 Å². The van der Waals surface area contributed by atoms with Crippen molar-refractivity contribution >= 4 is 11.8 Å². The van der Waals surface area contributed by atoms with Gasteiger partial charge in [0.05, 0.1) is 0 Å². The molecule has 1 saturated heterocycles. The second-order valence-electron chi connectivity index (χ2n) is 7.57. The average molecular weight is 328 g/mol. The van der Waals surface area contributed by atoms with Crippen LogP contribution in [0.1, 0.15) is 44.1 Å². The standard InChI is InChI=1S/C18H24N4O2/c23-16(5-4-13-9-19-12-20-10-13)22-7-6-18(11-22)8-15(18)17(24)21-14-2-1-3-14/h9-10,12,14-15H,1-8,11H2,(H,21,24). The lowest BCUT2D eigenvalue weighted by Crippen LogP contribution is -2.41. The summed E-state index contributed by atoms with van der Waals surface area (Å²) in [5.74, 6) is 0.523. The average Bonchev–Trinajstić information content (AvgIpc) is 3.10. The molecule has 24 heavy (non-hydrogen) atoms. The summed E-state index contributed by atoms with van der Waals surface area (Å²) in [6, 6.07) is 0.405. The molecule has 2 heterocycles. The lowest BCUT2D eigenvalue weighted by Gasteiger charge is -2.26. The zero-order valence-electron chi connectivity index (χ0n) is 13.9. The Morgan fingerprint density at radius 3 is 2.79 bits per heavy atom. The molecule has 1 spiro atoms. The van der Waals surface area contributed by atoms with Crippen LogP contribution in [-0.4, -0.2) is 45.8 Å². The van der Waals surface area contributed by atoms with Crippen LogP contribution >= 0.6 is 0 Å². The fourth-order valence-electron chi connectivity index (χ4n) is 4.00. The van der Waals surface area contributed by atoms with E-state index >= 15 is 0 Å². The van der Waals surface area contributed by atoms with Gasteiger partial charge in [-0.1, -0.05) is 0 Å². The van der Waals surface area contributed by atoms with Gasteiger partial charge in [0, 0.05) is 49.3 Å². The summed E-state index contributed by atoms with van der Waals surface area (Å²) in [4.78, 5) is 34.7. The number of likely N-dealkylation sites (tertiary alicyclic amines) is 1. The summed E-state index contributed by atoms with van der Waals surface area (Å²) in [5.41, 5.74) is 1.06. The fraction of sp³-hybridized carbons (Fsp3) is 0.667. The largest absolute Gasteiger partial charge is 0.353 e. The molecule has 3 aliphatic rings. The number of carbonyl (C=O) groups is 2. The van der Waals surface area contributed by atoms with E-state index < -0.39 is 0 Å². The van der Waals surface area contributed by atoms with Crippen molar-refractivity contribution in [3.63, 3.8) is 0 Å². The summed E-state index contributed by atoms with van der Waals surface area (Å²) in [7, 11) is 0. The summed E-state index contributed by atoms with van der Waals surface area (Å²) >= 11 is 0. The van der Waals surface area contributed by atoms with E-state index in [0.717, 1.165) is 44.3 Å². The number of amides is 2. The molecule has 2 unspecified atom stereocenters. The molecule has 0 aromatic carbocycles. The number of rotatable bonds is 5. The van der Waals surface area contributed by atoms with Gasteiger partial charge in [-0.05, 0) is 44.1 Å². The molecule has 4 rings (SSSR count). The maximum Gasteiger partial charge on any atom is 0.223 e. The lowest BCUT2D eigenvalue weighted by molar-refractivity contribution is -0.130. The highest BCUT2D eigenvalue weighted by atomic mass is 16.2. The number of nitrogens with zero attached hydrogens (tertiary/aromatic N) is 3. The smallest absolute Gasteiger partial charge is 0.223 e. The van der Waals surface area contributed by atoms with E-state index in [9.17, 15) is 9.59 Å². The molecule has 2 atom stereocenters. The molecule has 128 valence electrons. The summed E-state index contributed by atoms with van der Waals surface area (Å²) in [6.45, 7) is 1.54. The molecule has 2 saturated carbocycles. The Morgan fingerprint density at radius 1 is 1.29 bits per heavy atom. The fourth-order valence-corrected chi connectivity index (χ4v) is 4.00. The van der Waals surface area contributed by atoms with Gasteiger partial charge in [0.2, 0.25) is 11.8 Å². The van der Waals surface area contributed by atoms with Crippen molar-refractivity contribution < 1.29 is 9.59 Å². The molecule has 1 aromatic rings. The van der Waals surface area contributed by atoms with E-state index in [-0.39, 0.29) is 23.1 Å². The minimum Gasteiger partial charge on any atom is -0.353 e. The van der Waals surface area contributed by atoms with Crippen molar-refractivity contribution in [1.82, 2.24) is 20.2 Å². The molecule has 0 radical (unpaired) electrons. The lowest BCUT2D eigenvalue weighted by atomic mass is 9.92. The first-order valence-electron chi connectivity index (χ1n) is 8.98. The molecule has 1 aromatic heterocycles. The Kier molecular flexibility index (Phi) is 3.98. The predicted molar refractivity (Wildman–Crippen MR) is 87.9 cm³/mol. The molecular weight excluding hydrogens is 304 g/mol. The highest BCUT2D eigenvalue weighted by molar-refractivity contribution is 5.84. The zero-order chi connectivity index (χ0) is 16.6. The number of hydrogen-bond donors (Lipinski definition) is 1. The molecular formula is C18H24N4O2. The highest BCUT2D eigenvalue weighted by Crippen LogP contribution is 2.58. The number of carbonyl (C=O) groups excluding carboxylic acids is 2. The quantitative estimate of drug-likeness (QED) is 0.884. The van der Waals surface area contributed by atoms with Crippen molar-refractivity contribution in [3.8, 4) is 0 Å². The minimum absolute atomic E-state index is 0.0688. The highest BCUT2D eigenvalue weighted by Gasteiger charge is 2.61.